The summed E-state index contributed by atoms with van der Waals surface area (Å²) in [5, 5.41) is 11.6. The molecule has 0 spiro atoms. The van der Waals surface area contributed by atoms with Gasteiger partial charge in [-0.25, -0.2) is 0 Å². The number of oxime groups is 1. The lowest BCUT2D eigenvalue weighted by molar-refractivity contribution is 0.317. The summed E-state index contributed by atoms with van der Waals surface area (Å²) in [5.41, 5.74) is 7.32. The van der Waals surface area contributed by atoms with Crippen molar-refractivity contribution in [3.8, 4) is 5.75 Å². The maximum Gasteiger partial charge on any atom is 0.173 e. The standard InChI is InChI=1S/C11H16N2O2/c1-3-8-5-6-9(11(12)13-14)10(7-8)15-4-2/h5-7,14H,3-4H2,1-2H3,(H2,12,13). The molecule has 4 nitrogen and oxygen atoms in total. The van der Waals surface area contributed by atoms with Gasteiger partial charge in [0.25, 0.3) is 0 Å². The van der Waals surface area contributed by atoms with Crippen LogP contribution >= 0.6 is 0 Å². The fourth-order valence-corrected chi connectivity index (χ4v) is 1.33. The average Bonchev–Trinajstić information content (AvgIpc) is 2.28. The van der Waals surface area contributed by atoms with Gasteiger partial charge in [-0.05, 0) is 31.0 Å². The predicted molar refractivity (Wildman–Crippen MR) is 59.5 cm³/mol. The summed E-state index contributed by atoms with van der Waals surface area (Å²) in [6, 6.07) is 5.66. The number of hydrogen-bond donors (Lipinski definition) is 2. The Bertz CT molecular complexity index is 362. The van der Waals surface area contributed by atoms with Crippen molar-refractivity contribution in [3.63, 3.8) is 0 Å². The second-order valence-corrected chi connectivity index (χ2v) is 3.10. The fourth-order valence-electron chi connectivity index (χ4n) is 1.33. The van der Waals surface area contributed by atoms with Crippen LogP contribution in [0.1, 0.15) is 25.0 Å². The highest BCUT2D eigenvalue weighted by atomic mass is 16.5. The van der Waals surface area contributed by atoms with Crippen molar-refractivity contribution in [2.75, 3.05) is 6.61 Å². The minimum Gasteiger partial charge on any atom is -0.493 e. The lowest BCUT2D eigenvalue weighted by atomic mass is 10.1. The summed E-state index contributed by atoms with van der Waals surface area (Å²) in [7, 11) is 0. The predicted octanol–water partition coefficient (Wildman–Crippen LogP) is 1.74. The summed E-state index contributed by atoms with van der Waals surface area (Å²) >= 11 is 0. The number of hydrogen-bond acceptors (Lipinski definition) is 3. The van der Waals surface area contributed by atoms with Crippen LogP contribution in [-0.4, -0.2) is 17.6 Å². The molecule has 0 aliphatic heterocycles. The van der Waals surface area contributed by atoms with Gasteiger partial charge in [-0.2, -0.15) is 0 Å². The fraction of sp³-hybridized carbons (Fsp3) is 0.364. The van der Waals surface area contributed by atoms with Gasteiger partial charge in [-0.15, -0.1) is 0 Å². The minimum absolute atomic E-state index is 0.0705. The van der Waals surface area contributed by atoms with Crippen LogP contribution in [-0.2, 0) is 6.42 Å². The highest BCUT2D eigenvalue weighted by Gasteiger charge is 2.08. The van der Waals surface area contributed by atoms with Gasteiger partial charge in [0.1, 0.15) is 5.75 Å². The van der Waals surface area contributed by atoms with Gasteiger partial charge in [0.2, 0.25) is 0 Å². The van der Waals surface area contributed by atoms with E-state index in [1.807, 2.05) is 19.1 Å². The molecule has 0 heterocycles. The maximum atomic E-state index is 8.61. The Morgan fingerprint density at radius 3 is 2.73 bits per heavy atom. The van der Waals surface area contributed by atoms with Crippen LogP contribution in [0.2, 0.25) is 0 Å². The van der Waals surface area contributed by atoms with E-state index in [2.05, 4.69) is 12.1 Å². The monoisotopic (exact) mass is 208 g/mol. The second-order valence-electron chi connectivity index (χ2n) is 3.10. The molecule has 0 atom stereocenters. The third kappa shape index (κ3) is 2.62. The number of nitrogens with two attached hydrogens (primary N) is 1. The van der Waals surface area contributed by atoms with Crippen molar-refractivity contribution in [3.05, 3.63) is 29.3 Å². The number of rotatable bonds is 4. The number of benzene rings is 1. The first-order chi connectivity index (χ1) is 7.22. The van der Waals surface area contributed by atoms with E-state index in [1.54, 1.807) is 6.07 Å². The van der Waals surface area contributed by atoms with E-state index in [4.69, 9.17) is 15.7 Å². The van der Waals surface area contributed by atoms with Crippen molar-refractivity contribution in [1.29, 1.82) is 0 Å². The molecule has 0 saturated heterocycles. The summed E-state index contributed by atoms with van der Waals surface area (Å²) in [6.45, 7) is 4.52. The average molecular weight is 208 g/mol. The zero-order chi connectivity index (χ0) is 11.3. The highest BCUT2D eigenvalue weighted by molar-refractivity contribution is 5.99. The third-order valence-electron chi connectivity index (χ3n) is 2.14. The zero-order valence-electron chi connectivity index (χ0n) is 9.03. The molecule has 3 N–H and O–H groups in total. The largest absolute Gasteiger partial charge is 0.493 e. The summed E-state index contributed by atoms with van der Waals surface area (Å²) in [6.07, 6.45) is 0.927. The van der Waals surface area contributed by atoms with Gasteiger partial charge in [-0.1, -0.05) is 18.1 Å². The summed E-state index contributed by atoms with van der Waals surface area (Å²) < 4.78 is 5.43. The van der Waals surface area contributed by atoms with E-state index in [0.717, 1.165) is 12.0 Å². The van der Waals surface area contributed by atoms with Crippen LogP contribution in [0.3, 0.4) is 0 Å². The third-order valence-corrected chi connectivity index (χ3v) is 2.14. The second kappa shape index (κ2) is 5.24. The van der Waals surface area contributed by atoms with E-state index in [-0.39, 0.29) is 5.84 Å². The van der Waals surface area contributed by atoms with Crippen LogP contribution in [0.25, 0.3) is 0 Å². The molecule has 0 aromatic heterocycles. The molecule has 0 saturated carbocycles. The number of nitrogens with zero attached hydrogens (tertiary/aromatic N) is 1. The molecule has 0 aliphatic rings. The van der Waals surface area contributed by atoms with Gasteiger partial charge in [-0.3, -0.25) is 0 Å². The molecule has 0 aliphatic carbocycles. The summed E-state index contributed by atoms with van der Waals surface area (Å²) in [5.74, 6) is 0.730. The molecule has 82 valence electrons. The van der Waals surface area contributed by atoms with Crippen molar-refractivity contribution < 1.29 is 9.94 Å². The molecular weight excluding hydrogens is 192 g/mol. The lowest BCUT2D eigenvalue weighted by Crippen LogP contribution is -2.15. The Hall–Kier alpha value is -1.71. The van der Waals surface area contributed by atoms with Gasteiger partial charge in [0.05, 0.1) is 12.2 Å². The SMILES string of the molecule is CCOc1cc(CC)ccc1/C(N)=N\O. The number of ether oxygens (including phenoxy) is 1. The first-order valence-corrected chi connectivity index (χ1v) is 4.96. The molecule has 0 amide bonds. The van der Waals surface area contributed by atoms with Gasteiger partial charge in [0.15, 0.2) is 5.84 Å². The lowest BCUT2D eigenvalue weighted by Gasteiger charge is -2.10. The zero-order valence-corrected chi connectivity index (χ0v) is 9.03. The molecule has 1 rings (SSSR count). The van der Waals surface area contributed by atoms with E-state index in [9.17, 15) is 0 Å². The van der Waals surface area contributed by atoms with Crippen molar-refractivity contribution in [2.24, 2.45) is 10.9 Å². The smallest absolute Gasteiger partial charge is 0.173 e. The Morgan fingerprint density at radius 1 is 1.47 bits per heavy atom. The molecule has 0 radical (unpaired) electrons. The normalized spacial score (nSPS) is 11.5. The van der Waals surface area contributed by atoms with Crippen LogP contribution < -0.4 is 10.5 Å². The molecule has 0 unspecified atom stereocenters. The molecule has 4 heteroatoms. The molecule has 15 heavy (non-hydrogen) atoms. The minimum atomic E-state index is 0.0705. The Morgan fingerprint density at radius 2 is 2.20 bits per heavy atom. The van der Waals surface area contributed by atoms with Crippen LogP contribution in [0.15, 0.2) is 23.4 Å². The van der Waals surface area contributed by atoms with Crippen molar-refractivity contribution in [2.45, 2.75) is 20.3 Å². The van der Waals surface area contributed by atoms with Gasteiger partial charge >= 0.3 is 0 Å². The van der Waals surface area contributed by atoms with Gasteiger partial charge in [0, 0.05) is 0 Å². The highest BCUT2D eigenvalue weighted by Crippen LogP contribution is 2.20. The Balaban J connectivity index is 3.14. The quantitative estimate of drug-likeness (QED) is 0.343. The molecule has 1 aromatic carbocycles. The first kappa shape index (κ1) is 11.4. The van der Waals surface area contributed by atoms with Crippen molar-refractivity contribution >= 4 is 5.84 Å². The summed E-state index contributed by atoms with van der Waals surface area (Å²) in [4.78, 5) is 0. The topological polar surface area (TPSA) is 67.8 Å². The Kier molecular flexibility index (Phi) is 3.97. The molecule has 1 aromatic rings. The molecule has 0 fully saturated rings. The van der Waals surface area contributed by atoms with Crippen LogP contribution in [0.5, 0.6) is 5.75 Å². The molecular formula is C11H16N2O2. The Labute approximate surface area is 89.4 Å². The van der Waals surface area contributed by atoms with Crippen molar-refractivity contribution in [1.82, 2.24) is 0 Å². The van der Waals surface area contributed by atoms with E-state index >= 15 is 0 Å². The van der Waals surface area contributed by atoms with Gasteiger partial charge < -0.3 is 15.7 Å². The van der Waals surface area contributed by atoms with E-state index in [0.29, 0.717) is 17.9 Å². The molecule has 0 bridgehead atoms. The number of aryl methyl sites for hydroxylation is 1. The number of amidine groups is 1. The van der Waals surface area contributed by atoms with E-state index in [1.165, 1.54) is 0 Å². The van der Waals surface area contributed by atoms with E-state index < -0.39 is 0 Å². The van der Waals surface area contributed by atoms with Crippen LogP contribution in [0.4, 0.5) is 0 Å². The maximum absolute atomic E-state index is 8.61. The first-order valence-electron chi connectivity index (χ1n) is 4.96. The van der Waals surface area contributed by atoms with Crippen LogP contribution in [0, 0.1) is 0 Å².